The number of para-hydroxylation sites is 1. The molecule has 182 valence electrons. The molecular weight excluding hydrogens is 430 g/mol. The largest absolute Gasteiger partial charge is 0.490 e. The number of fused-ring (bicyclic) bond motifs is 1. The second-order valence-corrected chi connectivity index (χ2v) is 9.67. The molecule has 2 aromatic rings. The number of hydrogen-bond donors (Lipinski definition) is 2. The topological polar surface area (TPSA) is 83.9 Å². The Labute approximate surface area is 201 Å². The summed E-state index contributed by atoms with van der Waals surface area (Å²) < 4.78 is 12.1. The normalized spacial score (nSPS) is 21.0. The van der Waals surface area contributed by atoms with Crippen LogP contribution in [0.4, 0.5) is 5.82 Å². The zero-order valence-corrected chi connectivity index (χ0v) is 19.7. The summed E-state index contributed by atoms with van der Waals surface area (Å²) in [4.78, 5) is 19.0. The Morgan fingerprint density at radius 3 is 2.88 bits per heavy atom. The number of carboxylic acids is 1. The Kier molecular flexibility index (Phi) is 7.30. The monoisotopic (exact) mass is 465 g/mol. The Hall–Kier alpha value is -2.64. The molecule has 0 amide bonds. The highest BCUT2D eigenvalue weighted by atomic mass is 16.5. The number of aliphatic carboxylic acids is 1. The molecule has 2 fully saturated rings. The predicted molar refractivity (Wildman–Crippen MR) is 130 cm³/mol. The number of aromatic nitrogens is 1. The van der Waals surface area contributed by atoms with Crippen molar-refractivity contribution >= 4 is 11.8 Å². The lowest BCUT2D eigenvalue weighted by Gasteiger charge is -2.26. The molecule has 0 bridgehead atoms. The summed E-state index contributed by atoms with van der Waals surface area (Å²) in [5, 5.41) is 13.4. The highest BCUT2D eigenvalue weighted by Gasteiger charge is 2.36. The van der Waals surface area contributed by atoms with E-state index in [2.05, 4.69) is 17.4 Å². The van der Waals surface area contributed by atoms with Gasteiger partial charge in [-0.25, -0.2) is 4.98 Å². The van der Waals surface area contributed by atoms with Crippen LogP contribution in [0.3, 0.4) is 0 Å². The molecule has 5 rings (SSSR count). The van der Waals surface area contributed by atoms with Crippen LogP contribution in [-0.2, 0) is 22.4 Å². The van der Waals surface area contributed by atoms with Crippen LogP contribution in [-0.4, -0.2) is 59.4 Å². The maximum absolute atomic E-state index is 12.2. The molecular formula is C27H35N3O4. The third kappa shape index (κ3) is 5.70. The van der Waals surface area contributed by atoms with Gasteiger partial charge in [0.25, 0.3) is 0 Å². The fraction of sp³-hybridized carbons (Fsp3) is 0.556. The molecule has 34 heavy (non-hydrogen) atoms. The van der Waals surface area contributed by atoms with Gasteiger partial charge < -0.3 is 19.9 Å². The molecule has 3 heterocycles. The smallest absolute Gasteiger partial charge is 0.325 e. The summed E-state index contributed by atoms with van der Waals surface area (Å²) in [6, 6.07) is 11.2. The van der Waals surface area contributed by atoms with Crippen molar-refractivity contribution in [1.82, 2.24) is 9.88 Å². The Balaban J connectivity index is 1.08. The second-order valence-electron chi connectivity index (χ2n) is 9.67. The molecule has 2 aliphatic heterocycles. The van der Waals surface area contributed by atoms with E-state index in [1.807, 2.05) is 29.2 Å². The molecule has 2 atom stereocenters. The van der Waals surface area contributed by atoms with Crippen LogP contribution < -0.4 is 10.1 Å². The van der Waals surface area contributed by atoms with Gasteiger partial charge >= 0.3 is 5.97 Å². The lowest BCUT2D eigenvalue weighted by molar-refractivity contribution is -0.143. The number of unbranched alkanes of at least 4 members (excludes halogenated alkanes) is 1. The first kappa shape index (κ1) is 23.1. The van der Waals surface area contributed by atoms with Crippen molar-refractivity contribution < 1.29 is 19.4 Å². The fourth-order valence-electron chi connectivity index (χ4n) is 4.96. The number of aryl methyl sites for hydroxylation is 2. The number of anilines is 1. The number of ether oxygens (including phenoxy) is 2. The zero-order valence-electron chi connectivity index (χ0n) is 19.7. The molecule has 7 nitrogen and oxygen atoms in total. The minimum absolute atomic E-state index is 0.0735. The van der Waals surface area contributed by atoms with E-state index < -0.39 is 12.0 Å². The van der Waals surface area contributed by atoms with Gasteiger partial charge in [-0.1, -0.05) is 24.3 Å². The highest BCUT2D eigenvalue weighted by Crippen LogP contribution is 2.36. The van der Waals surface area contributed by atoms with Crippen molar-refractivity contribution in [3.05, 3.63) is 53.2 Å². The third-order valence-electron chi connectivity index (χ3n) is 6.94. The number of hydrogen-bond acceptors (Lipinski definition) is 6. The van der Waals surface area contributed by atoms with E-state index >= 15 is 0 Å². The standard InChI is InChI=1S/C27H35N3O4/c31-27(32)25(23-8-1-2-9-24(23)34-21-12-13-21)30-16-14-22(18-30)33-17-4-3-7-20-11-10-19-6-5-15-28-26(19)29-20/h1-2,8-11,21-22,25H,3-7,12-18H2,(H,28,29)(H,31,32). The summed E-state index contributed by atoms with van der Waals surface area (Å²) in [5.41, 5.74) is 3.21. The molecule has 1 saturated carbocycles. The van der Waals surface area contributed by atoms with Crippen molar-refractivity contribution in [1.29, 1.82) is 0 Å². The predicted octanol–water partition coefficient (Wildman–Crippen LogP) is 4.22. The van der Waals surface area contributed by atoms with Gasteiger partial charge in [0.05, 0.1) is 12.2 Å². The van der Waals surface area contributed by atoms with E-state index in [0.29, 0.717) is 25.4 Å². The molecule has 1 aliphatic carbocycles. The van der Waals surface area contributed by atoms with Crippen molar-refractivity contribution in [3.63, 3.8) is 0 Å². The SMILES string of the molecule is O=C(O)C(c1ccccc1OC1CC1)N1CCC(OCCCCc2ccc3c(n2)NCCC3)C1. The van der Waals surface area contributed by atoms with Gasteiger partial charge in [-0.15, -0.1) is 0 Å². The Morgan fingerprint density at radius 2 is 2.03 bits per heavy atom. The molecule has 1 aromatic carbocycles. The maximum atomic E-state index is 12.2. The molecule has 7 heteroatoms. The Morgan fingerprint density at radius 1 is 1.15 bits per heavy atom. The van der Waals surface area contributed by atoms with Gasteiger partial charge in [0, 0.05) is 37.5 Å². The first-order valence-electron chi connectivity index (χ1n) is 12.7. The minimum atomic E-state index is -0.834. The van der Waals surface area contributed by atoms with Gasteiger partial charge in [-0.05, 0) is 69.1 Å². The van der Waals surface area contributed by atoms with Crippen LogP contribution in [0.15, 0.2) is 36.4 Å². The first-order chi connectivity index (χ1) is 16.7. The molecule has 2 unspecified atom stereocenters. The average molecular weight is 466 g/mol. The summed E-state index contributed by atoms with van der Waals surface area (Å²) in [6.07, 6.45) is 8.51. The van der Waals surface area contributed by atoms with Gasteiger partial charge in [0.2, 0.25) is 0 Å². The van der Waals surface area contributed by atoms with Crippen molar-refractivity contribution in [2.24, 2.45) is 0 Å². The van der Waals surface area contributed by atoms with Gasteiger partial charge in [0.15, 0.2) is 0 Å². The van der Waals surface area contributed by atoms with E-state index in [4.69, 9.17) is 14.5 Å². The van der Waals surface area contributed by atoms with Crippen LogP contribution >= 0.6 is 0 Å². The molecule has 2 N–H and O–H groups in total. The van der Waals surface area contributed by atoms with Crippen molar-refractivity contribution in [3.8, 4) is 5.75 Å². The number of carbonyl (C=O) groups is 1. The molecule has 0 spiro atoms. The lowest BCUT2D eigenvalue weighted by atomic mass is 10.0. The van der Waals surface area contributed by atoms with Gasteiger partial charge in [-0.2, -0.15) is 0 Å². The summed E-state index contributed by atoms with van der Waals surface area (Å²) in [7, 11) is 0. The maximum Gasteiger partial charge on any atom is 0.325 e. The summed E-state index contributed by atoms with van der Waals surface area (Å²) >= 11 is 0. The van der Waals surface area contributed by atoms with Crippen LogP contribution in [0.2, 0.25) is 0 Å². The van der Waals surface area contributed by atoms with E-state index in [9.17, 15) is 9.90 Å². The number of nitrogens with one attached hydrogen (secondary N) is 1. The number of rotatable bonds is 11. The second kappa shape index (κ2) is 10.7. The zero-order chi connectivity index (χ0) is 23.3. The van der Waals surface area contributed by atoms with E-state index in [-0.39, 0.29) is 12.2 Å². The summed E-state index contributed by atoms with van der Waals surface area (Å²) in [5.74, 6) is 0.926. The third-order valence-corrected chi connectivity index (χ3v) is 6.94. The number of benzene rings is 1. The number of nitrogens with zero attached hydrogens (tertiary/aromatic N) is 2. The average Bonchev–Trinajstić information content (AvgIpc) is 3.55. The van der Waals surface area contributed by atoms with E-state index in [1.165, 1.54) is 12.0 Å². The molecule has 3 aliphatic rings. The van der Waals surface area contributed by atoms with Gasteiger partial charge in [0.1, 0.15) is 17.6 Å². The van der Waals surface area contributed by atoms with Crippen molar-refractivity contribution in [2.75, 3.05) is 31.6 Å². The lowest BCUT2D eigenvalue weighted by Crippen LogP contribution is -2.33. The van der Waals surface area contributed by atoms with Crippen LogP contribution in [0.1, 0.15) is 61.4 Å². The quantitative estimate of drug-likeness (QED) is 0.481. The molecule has 0 radical (unpaired) electrons. The first-order valence-corrected chi connectivity index (χ1v) is 12.7. The van der Waals surface area contributed by atoms with Gasteiger partial charge in [-0.3, -0.25) is 9.69 Å². The number of pyridine rings is 1. The highest BCUT2D eigenvalue weighted by molar-refractivity contribution is 5.76. The fourth-order valence-corrected chi connectivity index (χ4v) is 4.96. The number of likely N-dealkylation sites (tertiary alicyclic amines) is 1. The van der Waals surface area contributed by atoms with E-state index in [1.54, 1.807) is 0 Å². The number of carboxylic acid groups (broad SMARTS) is 1. The van der Waals surface area contributed by atoms with Crippen LogP contribution in [0.25, 0.3) is 0 Å². The summed E-state index contributed by atoms with van der Waals surface area (Å²) in [6.45, 7) is 3.05. The van der Waals surface area contributed by atoms with Crippen molar-refractivity contribution in [2.45, 2.75) is 69.6 Å². The minimum Gasteiger partial charge on any atom is -0.490 e. The van der Waals surface area contributed by atoms with E-state index in [0.717, 1.165) is 68.6 Å². The van der Waals surface area contributed by atoms with Crippen LogP contribution in [0.5, 0.6) is 5.75 Å². The molecule has 1 saturated heterocycles. The Bertz CT molecular complexity index is 994. The van der Waals surface area contributed by atoms with Crippen LogP contribution in [0, 0.1) is 0 Å². The molecule has 1 aromatic heterocycles.